The molecule has 4 aromatic rings. The summed E-state index contributed by atoms with van der Waals surface area (Å²) in [5.41, 5.74) is 2.74. The SMILES string of the molecule is COc1cc(O)c([C@H](/C=C/c2ccccc2)C[C@H](O)CCc2ccccc2)c(O)c1C(=O)/C=C/c1ccc(O)cc1. The molecule has 0 unspecified atom stereocenters. The van der Waals surface area contributed by atoms with Gasteiger partial charge in [0.25, 0.3) is 0 Å². The Kier molecular flexibility index (Phi) is 9.97. The van der Waals surface area contributed by atoms with Gasteiger partial charge in [-0.25, -0.2) is 0 Å². The Morgan fingerprint density at radius 1 is 0.854 bits per heavy atom. The largest absolute Gasteiger partial charge is 0.508 e. The smallest absolute Gasteiger partial charge is 0.193 e. The summed E-state index contributed by atoms with van der Waals surface area (Å²) in [5, 5.41) is 43.0. The van der Waals surface area contributed by atoms with Gasteiger partial charge in [0.05, 0.1) is 13.2 Å². The first-order valence-corrected chi connectivity index (χ1v) is 13.4. The van der Waals surface area contributed by atoms with Crippen LogP contribution >= 0.6 is 0 Å². The van der Waals surface area contributed by atoms with Crippen LogP contribution in [0, 0.1) is 0 Å². The highest BCUT2D eigenvalue weighted by Crippen LogP contribution is 2.44. The van der Waals surface area contributed by atoms with E-state index >= 15 is 0 Å². The molecule has 0 spiro atoms. The van der Waals surface area contributed by atoms with Crippen LogP contribution in [-0.4, -0.2) is 39.4 Å². The lowest BCUT2D eigenvalue weighted by atomic mass is 9.87. The molecular weight excluding hydrogens is 516 g/mol. The Bertz CT molecular complexity index is 1490. The molecule has 0 aliphatic heterocycles. The van der Waals surface area contributed by atoms with Crippen LogP contribution in [0.15, 0.2) is 103 Å². The minimum absolute atomic E-state index is 0.0273. The number of carbonyl (C=O) groups excluding carboxylic acids is 1. The number of phenols is 3. The maximum Gasteiger partial charge on any atom is 0.193 e. The summed E-state index contributed by atoms with van der Waals surface area (Å²) in [6.45, 7) is 0. The van der Waals surface area contributed by atoms with Crippen LogP contribution in [0.25, 0.3) is 12.2 Å². The average molecular weight is 551 g/mol. The van der Waals surface area contributed by atoms with Crippen molar-refractivity contribution < 1.29 is 30.0 Å². The maximum atomic E-state index is 13.3. The van der Waals surface area contributed by atoms with Gasteiger partial charge in [-0.2, -0.15) is 0 Å². The van der Waals surface area contributed by atoms with Gasteiger partial charge in [-0.1, -0.05) is 91.0 Å². The van der Waals surface area contributed by atoms with E-state index < -0.39 is 23.6 Å². The second-order valence-corrected chi connectivity index (χ2v) is 9.81. The summed E-state index contributed by atoms with van der Waals surface area (Å²) < 4.78 is 5.35. The first-order valence-electron chi connectivity index (χ1n) is 13.4. The van der Waals surface area contributed by atoms with Crippen molar-refractivity contribution in [1.82, 2.24) is 0 Å². The highest BCUT2D eigenvalue weighted by molar-refractivity contribution is 6.11. The number of ketones is 1. The number of aryl methyl sites for hydroxylation is 1. The second-order valence-electron chi connectivity index (χ2n) is 9.81. The zero-order valence-corrected chi connectivity index (χ0v) is 22.9. The Morgan fingerprint density at radius 3 is 2.15 bits per heavy atom. The second kappa shape index (κ2) is 14.0. The van der Waals surface area contributed by atoms with Crippen LogP contribution in [0.3, 0.4) is 0 Å². The topological polar surface area (TPSA) is 107 Å². The molecule has 6 nitrogen and oxygen atoms in total. The summed E-state index contributed by atoms with van der Waals surface area (Å²) in [7, 11) is 1.36. The van der Waals surface area contributed by atoms with Crippen molar-refractivity contribution in [2.75, 3.05) is 7.11 Å². The molecule has 4 rings (SSSR count). The van der Waals surface area contributed by atoms with Gasteiger partial charge in [0, 0.05) is 17.5 Å². The van der Waals surface area contributed by atoms with Gasteiger partial charge < -0.3 is 25.2 Å². The molecule has 0 bridgehead atoms. The third kappa shape index (κ3) is 7.87. The van der Waals surface area contributed by atoms with Crippen molar-refractivity contribution in [2.45, 2.75) is 31.3 Å². The molecule has 0 radical (unpaired) electrons. The molecule has 0 fully saturated rings. The Labute approximate surface area is 240 Å². The van der Waals surface area contributed by atoms with E-state index in [-0.39, 0.29) is 34.8 Å². The Balaban J connectivity index is 1.68. The van der Waals surface area contributed by atoms with Crippen molar-refractivity contribution in [1.29, 1.82) is 0 Å². The number of phenolic OH excluding ortho intramolecular Hbond substituents is 3. The summed E-state index contributed by atoms with van der Waals surface area (Å²) in [5.74, 6) is -1.64. The summed E-state index contributed by atoms with van der Waals surface area (Å²) in [4.78, 5) is 13.3. The molecule has 0 amide bonds. The van der Waals surface area contributed by atoms with Gasteiger partial charge in [0.15, 0.2) is 5.78 Å². The number of hydrogen-bond acceptors (Lipinski definition) is 6. The number of aliphatic hydroxyl groups excluding tert-OH is 1. The van der Waals surface area contributed by atoms with E-state index in [2.05, 4.69) is 0 Å². The fourth-order valence-corrected chi connectivity index (χ4v) is 4.73. The normalized spacial score (nSPS) is 12.9. The maximum absolute atomic E-state index is 13.3. The molecule has 0 aliphatic carbocycles. The molecule has 4 aromatic carbocycles. The zero-order chi connectivity index (χ0) is 29.2. The first-order chi connectivity index (χ1) is 19.9. The Morgan fingerprint density at radius 2 is 1.49 bits per heavy atom. The van der Waals surface area contributed by atoms with Gasteiger partial charge in [0.1, 0.15) is 28.6 Å². The van der Waals surface area contributed by atoms with Crippen LogP contribution in [-0.2, 0) is 6.42 Å². The molecule has 0 saturated heterocycles. The predicted molar refractivity (Wildman–Crippen MR) is 161 cm³/mol. The minimum atomic E-state index is -0.741. The standard InChI is InChI=1S/C35H34O6/c1-41-32-23-31(39)33(35(40)34(32)30(38)21-16-26-13-18-28(36)19-14-26)27(17-12-24-8-4-2-5-9-24)22-29(37)20-15-25-10-6-3-7-11-25/h2-14,16-19,21,23,27,29,36-37,39-40H,15,20,22H2,1H3/b17-12+,21-16+/t27-,29-/m1/s1. The fraction of sp³-hybridized carbons (Fsp3) is 0.171. The van der Waals surface area contributed by atoms with E-state index in [4.69, 9.17) is 4.74 Å². The van der Waals surface area contributed by atoms with Gasteiger partial charge >= 0.3 is 0 Å². The highest BCUT2D eigenvalue weighted by Gasteiger charge is 2.27. The molecule has 0 heterocycles. The van der Waals surface area contributed by atoms with Crippen LogP contribution in [0.4, 0.5) is 0 Å². The van der Waals surface area contributed by atoms with E-state index in [0.717, 1.165) is 11.1 Å². The van der Waals surface area contributed by atoms with Crippen molar-refractivity contribution in [3.05, 3.63) is 131 Å². The molecule has 0 saturated carbocycles. The molecule has 0 aromatic heterocycles. The van der Waals surface area contributed by atoms with Crippen molar-refractivity contribution in [3.63, 3.8) is 0 Å². The third-order valence-electron chi connectivity index (χ3n) is 6.90. The van der Waals surface area contributed by atoms with Crippen LogP contribution in [0.2, 0.25) is 0 Å². The number of ether oxygens (including phenoxy) is 1. The van der Waals surface area contributed by atoms with Crippen LogP contribution in [0.1, 0.15) is 51.4 Å². The number of benzene rings is 4. The van der Waals surface area contributed by atoms with E-state index in [1.54, 1.807) is 18.2 Å². The number of allylic oxidation sites excluding steroid dienone is 2. The lowest BCUT2D eigenvalue weighted by Gasteiger charge is -2.22. The predicted octanol–water partition coefficient (Wildman–Crippen LogP) is 6.89. The molecule has 210 valence electrons. The lowest BCUT2D eigenvalue weighted by Crippen LogP contribution is -2.14. The number of methoxy groups -OCH3 is 1. The fourth-order valence-electron chi connectivity index (χ4n) is 4.73. The first kappa shape index (κ1) is 29.2. The molecule has 4 N–H and O–H groups in total. The summed E-state index contributed by atoms with van der Waals surface area (Å²) in [6.07, 6.45) is 7.17. The monoisotopic (exact) mass is 550 g/mol. The number of aromatic hydroxyl groups is 3. The van der Waals surface area contributed by atoms with Crippen molar-refractivity contribution >= 4 is 17.9 Å². The quantitative estimate of drug-likeness (QED) is 0.113. The molecule has 0 aliphatic rings. The van der Waals surface area contributed by atoms with Crippen LogP contribution < -0.4 is 4.74 Å². The average Bonchev–Trinajstić information content (AvgIpc) is 2.99. The highest BCUT2D eigenvalue weighted by atomic mass is 16.5. The summed E-state index contributed by atoms with van der Waals surface area (Å²) in [6, 6.07) is 27.1. The lowest BCUT2D eigenvalue weighted by molar-refractivity contribution is 0.104. The molecule has 6 heteroatoms. The van der Waals surface area contributed by atoms with Gasteiger partial charge in [0.2, 0.25) is 0 Å². The van der Waals surface area contributed by atoms with Crippen molar-refractivity contribution in [2.24, 2.45) is 0 Å². The number of aliphatic hydroxyl groups is 1. The molecular formula is C35H34O6. The zero-order valence-electron chi connectivity index (χ0n) is 22.9. The van der Waals surface area contributed by atoms with E-state index in [1.165, 1.54) is 31.4 Å². The number of hydrogen-bond donors (Lipinski definition) is 4. The van der Waals surface area contributed by atoms with Crippen molar-refractivity contribution in [3.8, 4) is 23.0 Å². The minimum Gasteiger partial charge on any atom is -0.508 e. The number of carbonyl (C=O) groups is 1. The molecule has 2 atom stereocenters. The van der Waals surface area contributed by atoms with E-state index in [1.807, 2.05) is 72.8 Å². The molecule has 41 heavy (non-hydrogen) atoms. The van der Waals surface area contributed by atoms with Crippen LogP contribution in [0.5, 0.6) is 23.0 Å². The van der Waals surface area contributed by atoms with E-state index in [9.17, 15) is 25.2 Å². The number of rotatable bonds is 12. The Hall–Kier alpha value is -4.81. The van der Waals surface area contributed by atoms with Gasteiger partial charge in [-0.05, 0) is 54.2 Å². The van der Waals surface area contributed by atoms with Gasteiger partial charge in [-0.15, -0.1) is 0 Å². The van der Waals surface area contributed by atoms with E-state index in [0.29, 0.717) is 18.4 Å². The summed E-state index contributed by atoms with van der Waals surface area (Å²) >= 11 is 0. The van der Waals surface area contributed by atoms with Gasteiger partial charge in [-0.3, -0.25) is 4.79 Å². The third-order valence-corrected chi connectivity index (χ3v) is 6.90.